The van der Waals surface area contributed by atoms with Gasteiger partial charge in [-0.1, -0.05) is 13.0 Å². The van der Waals surface area contributed by atoms with Crippen molar-refractivity contribution in [3.05, 3.63) is 42.1 Å². The van der Waals surface area contributed by atoms with Crippen molar-refractivity contribution in [3.8, 4) is 5.82 Å². The molecule has 0 amide bonds. The predicted molar refractivity (Wildman–Crippen MR) is 63.5 cm³/mol. The van der Waals surface area contributed by atoms with E-state index in [1.165, 1.54) is 0 Å². The van der Waals surface area contributed by atoms with E-state index >= 15 is 0 Å². The van der Waals surface area contributed by atoms with Crippen molar-refractivity contribution in [2.75, 3.05) is 6.54 Å². The van der Waals surface area contributed by atoms with Gasteiger partial charge in [-0.2, -0.15) is 0 Å². The van der Waals surface area contributed by atoms with Crippen LogP contribution < -0.4 is 5.32 Å². The van der Waals surface area contributed by atoms with Crippen LogP contribution >= 0.6 is 0 Å². The molecule has 0 radical (unpaired) electrons. The summed E-state index contributed by atoms with van der Waals surface area (Å²) in [7, 11) is 0. The monoisotopic (exact) mass is 216 g/mol. The summed E-state index contributed by atoms with van der Waals surface area (Å²) in [6.07, 6.45) is 3.71. The van der Waals surface area contributed by atoms with Gasteiger partial charge in [-0.3, -0.25) is 4.57 Å². The van der Waals surface area contributed by atoms with Crippen LogP contribution in [0, 0.1) is 6.92 Å². The minimum absolute atomic E-state index is 0.804. The van der Waals surface area contributed by atoms with Gasteiger partial charge in [0.2, 0.25) is 0 Å². The van der Waals surface area contributed by atoms with Crippen LogP contribution in [0.15, 0.2) is 30.6 Å². The number of rotatable bonds is 4. The topological polar surface area (TPSA) is 42.7 Å². The van der Waals surface area contributed by atoms with Crippen molar-refractivity contribution in [1.29, 1.82) is 0 Å². The normalized spacial score (nSPS) is 10.6. The fourth-order valence-corrected chi connectivity index (χ4v) is 1.57. The van der Waals surface area contributed by atoms with Gasteiger partial charge < -0.3 is 5.32 Å². The van der Waals surface area contributed by atoms with E-state index in [1.54, 1.807) is 6.20 Å². The maximum Gasteiger partial charge on any atom is 0.138 e. The van der Waals surface area contributed by atoms with E-state index in [0.29, 0.717) is 0 Å². The molecule has 2 aromatic heterocycles. The molecule has 2 aromatic rings. The molecular weight excluding hydrogens is 200 g/mol. The number of aryl methyl sites for hydroxylation is 1. The molecule has 16 heavy (non-hydrogen) atoms. The summed E-state index contributed by atoms with van der Waals surface area (Å²) in [6, 6.07) is 6.04. The van der Waals surface area contributed by atoms with Crippen LogP contribution in [-0.2, 0) is 6.54 Å². The minimum atomic E-state index is 0.804. The predicted octanol–water partition coefficient (Wildman–Crippen LogP) is 1.69. The number of nitrogens with one attached hydrogen (secondary N) is 1. The average molecular weight is 216 g/mol. The Balaban J connectivity index is 2.26. The van der Waals surface area contributed by atoms with E-state index in [4.69, 9.17) is 0 Å². The highest BCUT2D eigenvalue weighted by Gasteiger charge is 2.02. The van der Waals surface area contributed by atoms with Crippen molar-refractivity contribution < 1.29 is 0 Å². The molecule has 2 heterocycles. The molecule has 2 rings (SSSR count). The minimum Gasteiger partial charge on any atom is -0.311 e. The number of nitrogens with zero attached hydrogens (tertiary/aromatic N) is 3. The van der Waals surface area contributed by atoms with Crippen molar-refractivity contribution in [3.63, 3.8) is 0 Å². The molecule has 0 aliphatic carbocycles. The Kier molecular flexibility index (Phi) is 3.31. The van der Waals surface area contributed by atoms with Gasteiger partial charge in [0.05, 0.1) is 5.69 Å². The Labute approximate surface area is 95.4 Å². The number of hydrogen-bond acceptors (Lipinski definition) is 3. The zero-order valence-electron chi connectivity index (χ0n) is 9.64. The average Bonchev–Trinajstić information content (AvgIpc) is 2.73. The Morgan fingerprint density at radius 1 is 1.38 bits per heavy atom. The first kappa shape index (κ1) is 10.8. The van der Waals surface area contributed by atoms with Crippen LogP contribution in [0.3, 0.4) is 0 Å². The van der Waals surface area contributed by atoms with Crippen LogP contribution in [0.4, 0.5) is 0 Å². The van der Waals surface area contributed by atoms with Crippen molar-refractivity contribution in [2.45, 2.75) is 20.4 Å². The summed E-state index contributed by atoms with van der Waals surface area (Å²) in [4.78, 5) is 8.77. The lowest BCUT2D eigenvalue weighted by Gasteiger charge is -2.06. The molecule has 4 heteroatoms. The first-order chi connectivity index (χ1) is 7.81. The molecule has 0 aliphatic heterocycles. The Morgan fingerprint density at radius 2 is 2.25 bits per heavy atom. The maximum atomic E-state index is 4.57. The highest BCUT2D eigenvalue weighted by molar-refractivity contribution is 5.26. The van der Waals surface area contributed by atoms with E-state index in [0.717, 1.165) is 30.4 Å². The molecule has 0 fully saturated rings. The van der Waals surface area contributed by atoms with Crippen LogP contribution in [-0.4, -0.2) is 21.1 Å². The third-order valence-electron chi connectivity index (χ3n) is 2.42. The van der Waals surface area contributed by atoms with Gasteiger partial charge in [-0.05, 0) is 25.6 Å². The van der Waals surface area contributed by atoms with E-state index in [9.17, 15) is 0 Å². The zero-order chi connectivity index (χ0) is 11.4. The van der Waals surface area contributed by atoms with Crippen LogP contribution in [0.25, 0.3) is 5.82 Å². The lowest BCUT2D eigenvalue weighted by atomic mass is 10.3. The second-order valence-corrected chi connectivity index (χ2v) is 3.61. The lowest BCUT2D eigenvalue weighted by Crippen LogP contribution is -2.13. The van der Waals surface area contributed by atoms with Gasteiger partial charge in [0.25, 0.3) is 0 Å². The van der Waals surface area contributed by atoms with Gasteiger partial charge in [-0.25, -0.2) is 9.97 Å². The van der Waals surface area contributed by atoms with Crippen molar-refractivity contribution in [1.82, 2.24) is 19.9 Å². The highest BCUT2D eigenvalue weighted by Crippen LogP contribution is 2.08. The summed E-state index contributed by atoms with van der Waals surface area (Å²) in [5, 5.41) is 3.26. The lowest BCUT2D eigenvalue weighted by molar-refractivity contribution is 0.707. The van der Waals surface area contributed by atoms with Crippen LogP contribution in [0.5, 0.6) is 0 Å². The standard InChI is InChI=1S/C12H16N4/c1-3-13-9-11-5-4-6-12(15-11)16-8-7-14-10(16)2/h4-8,13H,3,9H2,1-2H3. The number of imidazole rings is 1. The van der Waals surface area contributed by atoms with E-state index in [2.05, 4.69) is 22.2 Å². The van der Waals surface area contributed by atoms with Crippen molar-refractivity contribution in [2.24, 2.45) is 0 Å². The molecule has 0 saturated carbocycles. The Morgan fingerprint density at radius 3 is 2.94 bits per heavy atom. The quantitative estimate of drug-likeness (QED) is 0.845. The first-order valence-electron chi connectivity index (χ1n) is 5.48. The third kappa shape index (κ3) is 2.28. The fourth-order valence-electron chi connectivity index (χ4n) is 1.57. The molecule has 1 N–H and O–H groups in total. The van der Waals surface area contributed by atoms with Gasteiger partial charge >= 0.3 is 0 Å². The zero-order valence-corrected chi connectivity index (χ0v) is 9.64. The van der Waals surface area contributed by atoms with Gasteiger partial charge in [0, 0.05) is 18.9 Å². The molecule has 0 unspecified atom stereocenters. The molecule has 0 bridgehead atoms. The molecule has 0 spiro atoms. The summed E-state index contributed by atoms with van der Waals surface area (Å²) < 4.78 is 1.98. The molecule has 0 aliphatic rings. The second-order valence-electron chi connectivity index (χ2n) is 3.61. The summed E-state index contributed by atoms with van der Waals surface area (Å²) in [6.45, 7) is 5.82. The number of pyridine rings is 1. The number of aromatic nitrogens is 3. The molecule has 4 nitrogen and oxygen atoms in total. The molecular formula is C12H16N4. The summed E-state index contributed by atoms with van der Waals surface area (Å²) >= 11 is 0. The van der Waals surface area contributed by atoms with Gasteiger partial charge in [0.15, 0.2) is 0 Å². The van der Waals surface area contributed by atoms with Crippen LogP contribution in [0.1, 0.15) is 18.4 Å². The third-order valence-corrected chi connectivity index (χ3v) is 2.42. The maximum absolute atomic E-state index is 4.57. The van der Waals surface area contributed by atoms with Crippen LogP contribution in [0.2, 0.25) is 0 Å². The van der Waals surface area contributed by atoms with Gasteiger partial charge in [-0.15, -0.1) is 0 Å². The highest BCUT2D eigenvalue weighted by atomic mass is 15.1. The number of hydrogen-bond donors (Lipinski definition) is 1. The molecule has 84 valence electrons. The van der Waals surface area contributed by atoms with Crippen molar-refractivity contribution >= 4 is 0 Å². The van der Waals surface area contributed by atoms with E-state index in [1.807, 2.05) is 35.9 Å². The van der Waals surface area contributed by atoms with E-state index in [-0.39, 0.29) is 0 Å². The second kappa shape index (κ2) is 4.90. The molecule has 0 saturated heterocycles. The Hall–Kier alpha value is -1.68. The molecule has 0 aromatic carbocycles. The largest absolute Gasteiger partial charge is 0.311 e. The fraction of sp³-hybridized carbons (Fsp3) is 0.333. The Bertz CT molecular complexity index is 462. The molecule has 0 atom stereocenters. The van der Waals surface area contributed by atoms with E-state index < -0.39 is 0 Å². The summed E-state index contributed by atoms with van der Waals surface area (Å²) in [5.41, 5.74) is 1.05. The first-order valence-corrected chi connectivity index (χ1v) is 5.48. The SMILES string of the molecule is CCNCc1cccc(-n2ccnc2C)n1. The van der Waals surface area contributed by atoms with Gasteiger partial charge in [0.1, 0.15) is 11.6 Å². The smallest absolute Gasteiger partial charge is 0.138 e. The summed E-state index contributed by atoms with van der Waals surface area (Å²) in [5.74, 6) is 1.87.